The molecule has 0 radical (unpaired) electrons. The number of rotatable bonds is 1. The molecule has 0 saturated heterocycles. The van der Waals surface area contributed by atoms with Gasteiger partial charge in [-0.15, -0.1) is 0 Å². The predicted molar refractivity (Wildman–Crippen MR) is 76.5 cm³/mol. The highest BCUT2D eigenvalue weighted by atomic mass is 32.1. The first-order chi connectivity index (χ1) is 9.15. The van der Waals surface area contributed by atoms with Crippen LogP contribution in [0, 0.1) is 0 Å². The molecule has 0 atom stereocenters. The van der Waals surface area contributed by atoms with E-state index in [0.29, 0.717) is 10.5 Å². The standard InChI is InChI=1S/C14H10N2O2S/c15-14-16-13(18)12(19-14)7-10-9-4-2-1-3-8(9)5-6-11(10)17/h1-7,18H,(H2,15,16)/b10-7-. The Bertz CT molecular complexity index is 729. The number of aromatic hydroxyl groups is 1. The van der Waals surface area contributed by atoms with Crippen molar-refractivity contribution < 1.29 is 9.90 Å². The van der Waals surface area contributed by atoms with Crippen LogP contribution in [-0.4, -0.2) is 15.9 Å². The van der Waals surface area contributed by atoms with Gasteiger partial charge >= 0.3 is 0 Å². The van der Waals surface area contributed by atoms with Crippen molar-refractivity contribution in [2.24, 2.45) is 0 Å². The summed E-state index contributed by atoms with van der Waals surface area (Å²) in [5, 5.41) is 9.92. The molecule has 3 rings (SSSR count). The van der Waals surface area contributed by atoms with Crippen LogP contribution in [0.15, 0.2) is 30.3 Å². The smallest absolute Gasteiger partial charge is 0.231 e. The van der Waals surface area contributed by atoms with Crippen molar-refractivity contribution in [3.63, 3.8) is 0 Å². The summed E-state index contributed by atoms with van der Waals surface area (Å²) in [5.74, 6) is -0.236. The zero-order chi connectivity index (χ0) is 13.4. The number of ketones is 1. The zero-order valence-corrected chi connectivity index (χ0v) is 10.6. The van der Waals surface area contributed by atoms with Gasteiger partial charge in [0.2, 0.25) is 5.88 Å². The number of nitrogens with zero attached hydrogens (tertiary/aromatic N) is 1. The van der Waals surface area contributed by atoms with Gasteiger partial charge < -0.3 is 10.8 Å². The van der Waals surface area contributed by atoms with Gasteiger partial charge in [0.05, 0.1) is 4.88 Å². The fraction of sp³-hybridized carbons (Fsp3) is 0. The van der Waals surface area contributed by atoms with Crippen molar-refractivity contribution in [2.45, 2.75) is 0 Å². The molecule has 1 aromatic carbocycles. The maximum atomic E-state index is 12.0. The van der Waals surface area contributed by atoms with Crippen LogP contribution in [0.2, 0.25) is 0 Å². The molecule has 4 nitrogen and oxygen atoms in total. The second kappa shape index (κ2) is 4.37. The molecular formula is C14H10N2O2S. The van der Waals surface area contributed by atoms with Gasteiger partial charge in [0, 0.05) is 5.57 Å². The summed E-state index contributed by atoms with van der Waals surface area (Å²) in [4.78, 5) is 16.2. The van der Waals surface area contributed by atoms with Gasteiger partial charge in [0.1, 0.15) is 0 Å². The lowest BCUT2D eigenvalue weighted by molar-refractivity contribution is -0.109. The number of carbonyl (C=O) groups is 1. The van der Waals surface area contributed by atoms with E-state index < -0.39 is 0 Å². The minimum Gasteiger partial charge on any atom is -0.492 e. The highest BCUT2D eigenvalue weighted by Crippen LogP contribution is 2.33. The number of hydrogen-bond donors (Lipinski definition) is 2. The Labute approximate surface area is 113 Å². The number of nitrogens with two attached hydrogens (primary N) is 1. The van der Waals surface area contributed by atoms with E-state index in [9.17, 15) is 9.90 Å². The highest BCUT2D eigenvalue weighted by Gasteiger charge is 2.18. The van der Waals surface area contributed by atoms with Crippen molar-refractivity contribution in [3.8, 4) is 5.88 Å². The number of benzene rings is 1. The molecule has 2 aromatic rings. The Balaban J connectivity index is 2.16. The molecule has 3 N–H and O–H groups in total. The predicted octanol–water partition coefficient (Wildman–Crippen LogP) is 2.57. The molecule has 1 aromatic heterocycles. The molecule has 94 valence electrons. The van der Waals surface area contributed by atoms with Crippen molar-refractivity contribution in [1.82, 2.24) is 4.98 Å². The van der Waals surface area contributed by atoms with E-state index >= 15 is 0 Å². The summed E-state index contributed by atoms with van der Waals surface area (Å²) in [7, 11) is 0. The quantitative estimate of drug-likeness (QED) is 0.781. The number of aromatic nitrogens is 1. The zero-order valence-electron chi connectivity index (χ0n) is 9.83. The Hall–Kier alpha value is -2.40. The molecule has 0 aliphatic heterocycles. The van der Waals surface area contributed by atoms with E-state index in [1.807, 2.05) is 24.3 Å². The first-order valence-electron chi connectivity index (χ1n) is 5.64. The van der Waals surface area contributed by atoms with Gasteiger partial charge in [-0.05, 0) is 23.3 Å². The first kappa shape index (κ1) is 11.7. The molecule has 19 heavy (non-hydrogen) atoms. The van der Waals surface area contributed by atoms with Crippen LogP contribution in [0.1, 0.15) is 16.0 Å². The van der Waals surface area contributed by atoms with E-state index in [1.165, 1.54) is 6.08 Å². The second-order valence-electron chi connectivity index (χ2n) is 4.08. The third kappa shape index (κ3) is 2.04. The van der Waals surface area contributed by atoms with Gasteiger partial charge in [0.25, 0.3) is 0 Å². The summed E-state index contributed by atoms with van der Waals surface area (Å²) < 4.78 is 0. The fourth-order valence-corrected chi connectivity index (χ4v) is 2.66. The lowest BCUT2D eigenvalue weighted by Crippen LogP contribution is -2.04. The molecule has 0 saturated carbocycles. The number of allylic oxidation sites excluding steroid dienone is 2. The van der Waals surface area contributed by atoms with E-state index in [-0.39, 0.29) is 16.8 Å². The van der Waals surface area contributed by atoms with Crippen LogP contribution in [0.3, 0.4) is 0 Å². The average molecular weight is 270 g/mol. The molecule has 1 aliphatic rings. The summed E-state index contributed by atoms with van der Waals surface area (Å²) in [6.07, 6.45) is 4.94. The van der Waals surface area contributed by atoms with Crippen LogP contribution in [0.5, 0.6) is 5.88 Å². The molecule has 5 heteroatoms. The number of thiazole rings is 1. The molecule has 0 spiro atoms. The summed E-state index contributed by atoms with van der Waals surface area (Å²) >= 11 is 1.15. The number of hydrogen-bond acceptors (Lipinski definition) is 5. The van der Waals surface area contributed by atoms with E-state index in [4.69, 9.17) is 5.73 Å². The molecule has 1 aliphatic carbocycles. The summed E-state index contributed by atoms with van der Waals surface area (Å²) in [6, 6.07) is 7.61. The SMILES string of the molecule is Nc1nc(O)c(/C=C2\C(=O)C=Cc3ccccc32)s1. The van der Waals surface area contributed by atoms with Crippen LogP contribution < -0.4 is 5.73 Å². The minimum absolute atomic E-state index is 0.0925. The molecule has 0 amide bonds. The van der Waals surface area contributed by atoms with E-state index in [1.54, 1.807) is 12.2 Å². The number of carbonyl (C=O) groups excluding carboxylic acids is 1. The molecule has 0 fully saturated rings. The lowest BCUT2D eigenvalue weighted by atomic mass is 9.91. The van der Waals surface area contributed by atoms with Crippen LogP contribution in [-0.2, 0) is 4.79 Å². The third-order valence-electron chi connectivity index (χ3n) is 2.86. The lowest BCUT2D eigenvalue weighted by Gasteiger charge is -2.12. The Morgan fingerprint density at radius 3 is 2.79 bits per heavy atom. The third-order valence-corrected chi connectivity index (χ3v) is 3.68. The van der Waals surface area contributed by atoms with E-state index in [0.717, 1.165) is 22.5 Å². The fourth-order valence-electron chi connectivity index (χ4n) is 1.99. The van der Waals surface area contributed by atoms with Gasteiger partial charge in [-0.25, -0.2) is 0 Å². The topological polar surface area (TPSA) is 76.2 Å². The normalized spacial score (nSPS) is 15.8. The van der Waals surface area contributed by atoms with Crippen molar-refractivity contribution in [3.05, 3.63) is 46.3 Å². The maximum absolute atomic E-state index is 12.0. The highest BCUT2D eigenvalue weighted by molar-refractivity contribution is 7.16. The Morgan fingerprint density at radius 1 is 1.26 bits per heavy atom. The monoisotopic (exact) mass is 270 g/mol. The van der Waals surface area contributed by atoms with Crippen molar-refractivity contribution >= 4 is 40.0 Å². The largest absolute Gasteiger partial charge is 0.492 e. The Kier molecular flexibility index (Phi) is 2.68. The number of anilines is 1. The van der Waals surface area contributed by atoms with Crippen LogP contribution in [0.4, 0.5) is 5.13 Å². The molecule has 1 heterocycles. The Morgan fingerprint density at radius 2 is 2.05 bits per heavy atom. The summed E-state index contributed by atoms with van der Waals surface area (Å²) in [6.45, 7) is 0. The van der Waals surface area contributed by atoms with Crippen molar-refractivity contribution in [1.29, 1.82) is 0 Å². The maximum Gasteiger partial charge on any atom is 0.231 e. The van der Waals surface area contributed by atoms with Crippen molar-refractivity contribution in [2.75, 3.05) is 5.73 Å². The molecule has 0 unspecified atom stereocenters. The average Bonchev–Trinajstić information content (AvgIpc) is 2.71. The molecular weight excluding hydrogens is 260 g/mol. The number of fused-ring (bicyclic) bond motifs is 1. The van der Waals surface area contributed by atoms with Gasteiger partial charge in [-0.2, -0.15) is 4.98 Å². The van der Waals surface area contributed by atoms with E-state index in [2.05, 4.69) is 4.98 Å². The second-order valence-corrected chi connectivity index (χ2v) is 5.15. The minimum atomic E-state index is -0.144. The summed E-state index contributed by atoms with van der Waals surface area (Å²) in [5.41, 5.74) is 7.90. The van der Waals surface area contributed by atoms with Crippen LogP contribution in [0.25, 0.3) is 17.7 Å². The number of nitrogen functional groups attached to an aromatic ring is 1. The van der Waals surface area contributed by atoms with Crippen LogP contribution >= 0.6 is 11.3 Å². The first-order valence-corrected chi connectivity index (χ1v) is 6.45. The van der Waals surface area contributed by atoms with Gasteiger partial charge in [0.15, 0.2) is 10.9 Å². The van der Waals surface area contributed by atoms with Gasteiger partial charge in [-0.1, -0.05) is 41.7 Å². The van der Waals surface area contributed by atoms with Gasteiger partial charge in [-0.3, -0.25) is 4.79 Å². The molecule has 0 bridgehead atoms.